The predicted molar refractivity (Wildman–Crippen MR) is 95.0 cm³/mol. The molecule has 28 heavy (non-hydrogen) atoms. The summed E-state index contributed by atoms with van der Waals surface area (Å²) in [5.41, 5.74) is 0.513. The number of amides is 1. The van der Waals surface area contributed by atoms with E-state index in [0.717, 1.165) is 18.2 Å². The van der Waals surface area contributed by atoms with Crippen LogP contribution >= 0.6 is 0 Å². The van der Waals surface area contributed by atoms with Gasteiger partial charge in [0.25, 0.3) is 0 Å². The molecule has 0 aliphatic heterocycles. The van der Waals surface area contributed by atoms with E-state index in [0.29, 0.717) is 18.0 Å². The Morgan fingerprint density at radius 1 is 1.04 bits per heavy atom. The van der Waals surface area contributed by atoms with Gasteiger partial charge in [-0.15, -0.1) is 0 Å². The minimum atomic E-state index is -3.18. The van der Waals surface area contributed by atoms with Crippen LogP contribution in [-0.2, 0) is 4.79 Å². The molecule has 1 N–H and O–H groups in total. The molecular weight excluding hydrogens is 382 g/mol. The predicted octanol–water partition coefficient (Wildman–Crippen LogP) is 4.94. The molecule has 0 saturated carbocycles. The van der Waals surface area contributed by atoms with Crippen LogP contribution in [0.2, 0.25) is 0 Å². The molecule has 9 heteroatoms. The molecule has 0 radical (unpaired) electrons. The Bertz CT molecular complexity index is 827. The average molecular weight is 399 g/mol. The van der Waals surface area contributed by atoms with Gasteiger partial charge in [-0.1, -0.05) is 12.1 Å². The van der Waals surface area contributed by atoms with Crippen molar-refractivity contribution >= 4 is 17.7 Å². The highest BCUT2D eigenvalue weighted by atomic mass is 19.3. The molecule has 150 valence electrons. The zero-order chi connectivity index (χ0) is 20.5. The molecule has 2 rings (SSSR count). The monoisotopic (exact) mass is 399 g/mol. The minimum absolute atomic E-state index is 0.0789. The second-order valence-corrected chi connectivity index (χ2v) is 5.21. The molecule has 0 aliphatic rings. The van der Waals surface area contributed by atoms with Gasteiger partial charge in [0.15, 0.2) is 0 Å². The van der Waals surface area contributed by atoms with Gasteiger partial charge in [0, 0.05) is 17.7 Å². The lowest BCUT2D eigenvalue weighted by Gasteiger charge is -2.11. The number of alkyl halides is 4. The van der Waals surface area contributed by atoms with E-state index in [4.69, 9.17) is 4.74 Å². The van der Waals surface area contributed by atoms with E-state index < -0.39 is 24.9 Å². The molecule has 0 fully saturated rings. The molecule has 0 heterocycles. The number of hydrogen-bond acceptors (Lipinski definition) is 4. The topological polar surface area (TPSA) is 56.8 Å². The third-order valence-corrected chi connectivity index (χ3v) is 3.29. The molecule has 0 spiro atoms. The van der Waals surface area contributed by atoms with Crippen LogP contribution in [0.3, 0.4) is 0 Å². The zero-order valence-corrected chi connectivity index (χ0v) is 14.7. The summed E-state index contributed by atoms with van der Waals surface area (Å²) in [7, 11) is 0. The Morgan fingerprint density at radius 2 is 1.75 bits per heavy atom. The van der Waals surface area contributed by atoms with Crippen LogP contribution in [0.15, 0.2) is 48.5 Å². The van der Waals surface area contributed by atoms with E-state index >= 15 is 0 Å². The van der Waals surface area contributed by atoms with E-state index in [-0.39, 0.29) is 11.3 Å². The smallest absolute Gasteiger partial charge is 0.387 e. The van der Waals surface area contributed by atoms with Gasteiger partial charge in [-0.05, 0) is 37.3 Å². The van der Waals surface area contributed by atoms with Crippen molar-refractivity contribution in [3.63, 3.8) is 0 Å². The largest absolute Gasteiger partial charge is 0.492 e. The second kappa shape index (κ2) is 10.2. The number of ether oxygens (including phenoxy) is 3. The van der Waals surface area contributed by atoms with Crippen LogP contribution in [-0.4, -0.2) is 25.7 Å². The quantitative estimate of drug-likeness (QED) is 0.479. The highest BCUT2D eigenvalue weighted by Crippen LogP contribution is 2.29. The number of anilines is 1. The third-order valence-electron chi connectivity index (χ3n) is 3.29. The highest BCUT2D eigenvalue weighted by molar-refractivity contribution is 6.02. The molecule has 2 aromatic carbocycles. The maximum atomic E-state index is 12.6. The van der Waals surface area contributed by atoms with Crippen LogP contribution in [0.5, 0.6) is 17.2 Å². The van der Waals surface area contributed by atoms with Crippen molar-refractivity contribution in [1.82, 2.24) is 0 Å². The highest BCUT2D eigenvalue weighted by Gasteiger charge is 2.13. The SMILES string of the molecule is CCOc1ccccc1NC(=O)/C=C/c1ccc(OC(F)F)cc1OC(F)F. The van der Waals surface area contributed by atoms with Crippen LogP contribution in [0, 0.1) is 0 Å². The van der Waals surface area contributed by atoms with Gasteiger partial charge in [-0.3, -0.25) is 4.79 Å². The Labute approximate surface area is 158 Å². The van der Waals surface area contributed by atoms with Gasteiger partial charge in [0.05, 0.1) is 12.3 Å². The Kier molecular flexibility index (Phi) is 7.67. The number of rotatable bonds is 9. The molecular formula is C19H17F4NO4. The second-order valence-electron chi connectivity index (χ2n) is 5.21. The number of benzene rings is 2. The third kappa shape index (κ3) is 6.49. The summed E-state index contributed by atoms with van der Waals surface area (Å²) in [6, 6.07) is 10.0. The van der Waals surface area contributed by atoms with Gasteiger partial charge >= 0.3 is 13.2 Å². The summed E-state index contributed by atoms with van der Waals surface area (Å²) < 4.78 is 63.5. The molecule has 0 aromatic heterocycles. The summed E-state index contributed by atoms with van der Waals surface area (Å²) in [6.07, 6.45) is 2.30. The first-order valence-electron chi connectivity index (χ1n) is 8.13. The number of para-hydroxylation sites is 2. The molecule has 5 nitrogen and oxygen atoms in total. The van der Waals surface area contributed by atoms with Gasteiger partial charge < -0.3 is 19.5 Å². The molecule has 0 unspecified atom stereocenters. The lowest BCUT2D eigenvalue weighted by atomic mass is 10.1. The number of carbonyl (C=O) groups is 1. The molecule has 2 aromatic rings. The van der Waals surface area contributed by atoms with Crippen molar-refractivity contribution in [3.05, 3.63) is 54.1 Å². The maximum Gasteiger partial charge on any atom is 0.387 e. The first-order chi connectivity index (χ1) is 13.4. The lowest BCUT2D eigenvalue weighted by molar-refractivity contribution is -0.111. The van der Waals surface area contributed by atoms with E-state index in [2.05, 4.69) is 14.8 Å². The molecule has 0 saturated heterocycles. The van der Waals surface area contributed by atoms with Crippen LogP contribution < -0.4 is 19.5 Å². The first kappa shape index (κ1) is 21.1. The summed E-state index contributed by atoms with van der Waals surface area (Å²) in [6.45, 7) is -4.09. The fourth-order valence-electron chi connectivity index (χ4n) is 2.22. The van der Waals surface area contributed by atoms with Gasteiger partial charge in [0.2, 0.25) is 5.91 Å². The Balaban J connectivity index is 2.16. The van der Waals surface area contributed by atoms with E-state index in [1.807, 2.05) is 0 Å². The van der Waals surface area contributed by atoms with Crippen LogP contribution in [0.25, 0.3) is 6.08 Å². The molecule has 1 amide bonds. The number of halogens is 4. The van der Waals surface area contributed by atoms with Crippen LogP contribution in [0.1, 0.15) is 12.5 Å². The standard InChI is InChI=1S/C19H17F4NO4/c1-2-26-15-6-4-3-5-14(15)24-17(25)10-8-12-7-9-13(27-18(20)21)11-16(12)28-19(22)23/h3-11,18-19H,2H2,1H3,(H,24,25)/b10-8+. The van der Waals surface area contributed by atoms with Gasteiger partial charge in [-0.25, -0.2) is 0 Å². The van der Waals surface area contributed by atoms with Crippen molar-refractivity contribution in [2.24, 2.45) is 0 Å². The molecule has 0 atom stereocenters. The number of carbonyl (C=O) groups excluding carboxylic acids is 1. The lowest BCUT2D eigenvalue weighted by Crippen LogP contribution is -2.09. The van der Waals surface area contributed by atoms with E-state index in [1.54, 1.807) is 31.2 Å². The maximum absolute atomic E-state index is 12.6. The summed E-state index contributed by atoms with van der Waals surface area (Å²) >= 11 is 0. The Morgan fingerprint density at radius 3 is 2.43 bits per heavy atom. The summed E-state index contributed by atoms with van der Waals surface area (Å²) in [4.78, 5) is 12.1. The van der Waals surface area contributed by atoms with Crippen molar-refractivity contribution in [2.75, 3.05) is 11.9 Å². The molecule has 0 bridgehead atoms. The van der Waals surface area contributed by atoms with Crippen LogP contribution in [0.4, 0.5) is 23.2 Å². The fourth-order valence-corrected chi connectivity index (χ4v) is 2.22. The van der Waals surface area contributed by atoms with Gasteiger partial charge in [-0.2, -0.15) is 17.6 Å². The van der Waals surface area contributed by atoms with E-state index in [1.165, 1.54) is 12.1 Å². The average Bonchev–Trinajstić information content (AvgIpc) is 2.62. The van der Waals surface area contributed by atoms with Crippen molar-refractivity contribution in [1.29, 1.82) is 0 Å². The zero-order valence-electron chi connectivity index (χ0n) is 14.7. The molecule has 0 aliphatic carbocycles. The van der Waals surface area contributed by atoms with E-state index in [9.17, 15) is 22.4 Å². The first-order valence-corrected chi connectivity index (χ1v) is 8.13. The van der Waals surface area contributed by atoms with Crippen molar-refractivity contribution in [2.45, 2.75) is 20.1 Å². The normalized spacial score (nSPS) is 11.1. The fraction of sp³-hybridized carbons (Fsp3) is 0.211. The van der Waals surface area contributed by atoms with Gasteiger partial charge in [0.1, 0.15) is 17.2 Å². The summed E-state index contributed by atoms with van der Waals surface area (Å²) in [5.74, 6) is -0.838. The summed E-state index contributed by atoms with van der Waals surface area (Å²) in [5, 5.41) is 2.60. The minimum Gasteiger partial charge on any atom is -0.492 e. The van der Waals surface area contributed by atoms with Crippen molar-refractivity contribution < 1.29 is 36.6 Å². The number of hydrogen-bond donors (Lipinski definition) is 1. The Hall–Kier alpha value is -3.23. The number of nitrogens with one attached hydrogen (secondary N) is 1. The van der Waals surface area contributed by atoms with Crippen molar-refractivity contribution in [3.8, 4) is 17.2 Å².